The van der Waals surface area contributed by atoms with Crippen molar-refractivity contribution in [2.24, 2.45) is 5.10 Å². The van der Waals surface area contributed by atoms with Crippen molar-refractivity contribution in [2.45, 2.75) is 6.18 Å². The van der Waals surface area contributed by atoms with Crippen LogP contribution in [0.5, 0.6) is 5.75 Å². The van der Waals surface area contributed by atoms with Crippen LogP contribution in [0.3, 0.4) is 0 Å². The van der Waals surface area contributed by atoms with Crippen LogP contribution in [-0.4, -0.2) is 18.3 Å². The number of methoxy groups -OCH3 is 1. The number of aromatic nitrogens is 1. The van der Waals surface area contributed by atoms with E-state index in [0.29, 0.717) is 11.3 Å². The van der Waals surface area contributed by atoms with Gasteiger partial charge in [0, 0.05) is 0 Å². The van der Waals surface area contributed by atoms with Gasteiger partial charge in [0.2, 0.25) is 5.13 Å². The summed E-state index contributed by atoms with van der Waals surface area (Å²) < 4.78 is 58.0. The van der Waals surface area contributed by atoms with Gasteiger partial charge in [0.1, 0.15) is 11.6 Å². The average molecular weight is 395 g/mol. The number of benzene rings is 2. The first kappa shape index (κ1) is 18.8. The van der Waals surface area contributed by atoms with Gasteiger partial charge in [0.15, 0.2) is 5.69 Å². The molecule has 9 heteroatoms. The first-order chi connectivity index (χ1) is 12.9. The lowest BCUT2D eigenvalue weighted by Crippen LogP contribution is -2.07. The molecule has 1 aromatic heterocycles. The fourth-order valence-electron chi connectivity index (χ4n) is 2.24. The Morgan fingerprint density at radius 3 is 2.56 bits per heavy atom. The third-order valence-electron chi connectivity index (χ3n) is 3.47. The smallest absolute Gasteiger partial charge is 0.434 e. The van der Waals surface area contributed by atoms with Crippen LogP contribution in [0, 0.1) is 5.82 Å². The molecule has 4 nitrogen and oxygen atoms in total. The van der Waals surface area contributed by atoms with Gasteiger partial charge in [-0.1, -0.05) is 35.6 Å². The Hall–Kier alpha value is -2.94. The maximum Gasteiger partial charge on any atom is 0.434 e. The molecule has 0 atom stereocenters. The van der Waals surface area contributed by atoms with Gasteiger partial charge < -0.3 is 4.74 Å². The lowest BCUT2D eigenvalue weighted by atomic mass is 10.1. The standard InChI is InChI=1S/C18H13F4N3OS/c1-26-14-4-2-3-11(9-14)10-23-25-17-24-16(18(20,21)22)15(27-17)12-5-7-13(19)8-6-12/h2-10H,1H3,(H,24,25)/b23-10+. The van der Waals surface area contributed by atoms with Crippen LogP contribution in [0.2, 0.25) is 0 Å². The van der Waals surface area contributed by atoms with Gasteiger partial charge in [-0.3, -0.25) is 5.43 Å². The Labute approximate surface area is 156 Å². The average Bonchev–Trinajstić information content (AvgIpc) is 3.07. The van der Waals surface area contributed by atoms with Crippen LogP contribution in [0.25, 0.3) is 10.4 Å². The summed E-state index contributed by atoms with van der Waals surface area (Å²) in [6.45, 7) is 0. The fourth-order valence-corrected chi connectivity index (χ4v) is 3.18. The van der Waals surface area contributed by atoms with E-state index in [0.717, 1.165) is 23.5 Å². The minimum absolute atomic E-state index is 0.0270. The number of hydrogen-bond donors (Lipinski definition) is 1. The molecule has 0 radical (unpaired) electrons. The summed E-state index contributed by atoms with van der Waals surface area (Å²) in [6, 6.07) is 11.8. The van der Waals surface area contributed by atoms with Crippen molar-refractivity contribution in [2.75, 3.05) is 12.5 Å². The topological polar surface area (TPSA) is 46.5 Å². The highest BCUT2D eigenvalue weighted by atomic mass is 32.1. The highest BCUT2D eigenvalue weighted by Gasteiger charge is 2.38. The van der Waals surface area contributed by atoms with Crippen LogP contribution < -0.4 is 10.2 Å². The molecule has 0 unspecified atom stereocenters. The second kappa shape index (κ2) is 7.75. The summed E-state index contributed by atoms with van der Waals surface area (Å²) in [7, 11) is 1.53. The van der Waals surface area contributed by atoms with Crippen molar-refractivity contribution < 1.29 is 22.3 Å². The highest BCUT2D eigenvalue weighted by Crippen LogP contribution is 2.41. The van der Waals surface area contributed by atoms with Crippen LogP contribution in [0.1, 0.15) is 11.3 Å². The lowest BCUT2D eigenvalue weighted by Gasteiger charge is -2.05. The molecule has 1 heterocycles. The summed E-state index contributed by atoms with van der Waals surface area (Å²) in [5, 5.41) is 3.89. The van der Waals surface area contributed by atoms with Crippen molar-refractivity contribution in [3.05, 3.63) is 65.6 Å². The largest absolute Gasteiger partial charge is 0.497 e. The molecule has 0 bridgehead atoms. The maximum absolute atomic E-state index is 13.3. The van der Waals surface area contributed by atoms with E-state index in [1.54, 1.807) is 24.3 Å². The molecule has 27 heavy (non-hydrogen) atoms. The molecule has 2 aromatic carbocycles. The zero-order valence-electron chi connectivity index (χ0n) is 13.9. The third-order valence-corrected chi connectivity index (χ3v) is 4.48. The van der Waals surface area contributed by atoms with E-state index >= 15 is 0 Å². The van der Waals surface area contributed by atoms with E-state index in [2.05, 4.69) is 15.5 Å². The van der Waals surface area contributed by atoms with Crippen LogP contribution in [0.4, 0.5) is 22.7 Å². The number of halogens is 4. The molecule has 0 aliphatic carbocycles. The molecule has 140 valence electrons. The number of ether oxygens (including phenoxy) is 1. The van der Waals surface area contributed by atoms with Crippen molar-refractivity contribution in [1.29, 1.82) is 0 Å². The number of hydrazone groups is 1. The normalized spacial score (nSPS) is 11.7. The molecule has 1 N–H and O–H groups in total. The van der Waals surface area contributed by atoms with Crippen LogP contribution >= 0.6 is 11.3 Å². The van der Waals surface area contributed by atoms with Gasteiger partial charge >= 0.3 is 6.18 Å². The van der Waals surface area contributed by atoms with Gasteiger partial charge in [0.25, 0.3) is 0 Å². The number of nitrogens with one attached hydrogen (secondary N) is 1. The number of nitrogens with zero attached hydrogens (tertiary/aromatic N) is 2. The number of thiazole rings is 1. The van der Waals surface area contributed by atoms with Gasteiger partial charge in [-0.2, -0.15) is 18.3 Å². The molecule has 3 aromatic rings. The zero-order valence-corrected chi connectivity index (χ0v) is 14.7. The van der Waals surface area contributed by atoms with E-state index in [1.165, 1.54) is 25.5 Å². The highest BCUT2D eigenvalue weighted by molar-refractivity contribution is 7.19. The number of hydrogen-bond acceptors (Lipinski definition) is 5. The monoisotopic (exact) mass is 395 g/mol. The second-order valence-corrected chi connectivity index (χ2v) is 6.35. The number of alkyl halides is 3. The second-order valence-electron chi connectivity index (χ2n) is 5.35. The molecule has 0 saturated heterocycles. The van der Waals surface area contributed by atoms with Gasteiger partial charge in [0.05, 0.1) is 18.2 Å². The molecule has 0 aliphatic heterocycles. The maximum atomic E-state index is 13.3. The summed E-state index contributed by atoms with van der Waals surface area (Å²) in [4.78, 5) is 3.49. The lowest BCUT2D eigenvalue weighted by molar-refractivity contribution is -0.140. The van der Waals surface area contributed by atoms with E-state index in [-0.39, 0.29) is 15.6 Å². The summed E-state index contributed by atoms with van der Waals surface area (Å²) in [5.41, 5.74) is 2.39. The van der Waals surface area contributed by atoms with E-state index in [1.807, 2.05) is 0 Å². The van der Waals surface area contributed by atoms with Crippen molar-refractivity contribution in [3.63, 3.8) is 0 Å². The van der Waals surface area contributed by atoms with Crippen molar-refractivity contribution >= 4 is 22.7 Å². The Kier molecular flexibility index (Phi) is 5.41. The SMILES string of the molecule is COc1cccc(/C=N/Nc2nc(C(F)(F)F)c(-c3ccc(F)cc3)s2)c1. The predicted molar refractivity (Wildman–Crippen MR) is 96.7 cm³/mol. The first-order valence-corrected chi connectivity index (χ1v) is 8.45. The summed E-state index contributed by atoms with van der Waals surface area (Å²) in [6.07, 6.45) is -3.20. The molecule has 0 saturated carbocycles. The Morgan fingerprint density at radius 1 is 1.15 bits per heavy atom. The van der Waals surface area contributed by atoms with Gasteiger partial charge in [-0.25, -0.2) is 9.37 Å². The molecule has 3 rings (SSSR count). The molecular weight excluding hydrogens is 382 g/mol. The van der Waals surface area contributed by atoms with Crippen LogP contribution in [-0.2, 0) is 6.18 Å². The molecule has 0 amide bonds. The van der Waals surface area contributed by atoms with Crippen LogP contribution in [0.15, 0.2) is 53.6 Å². The Morgan fingerprint density at radius 2 is 1.89 bits per heavy atom. The van der Waals surface area contributed by atoms with E-state index < -0.39 is 17.7 Å². The van der Waals surface area contributed by atoms with Gasteiger partial charge in [-0.15, -0.1) is 0 Å². The Bertz CT molecular complexity index is 952. The Balaban J connectivity index is 1.86. The quantitative estimate of drug-likeness (QED) is 0.356. The van der Waals surface area contributed by atoms with Crippen molar-refractivity contribution in [1.82, 2.24) is 4.98 Å². The van der Waals surface area contributed by atoms with Gasteiger partial charge in [-0.05, 0) is 35.4 Å². The summed E-state index contributed by atoms with van der Waals surface area (Å²) in [5.74, 6) is 0.101. The molecule has 0 aliphatic rings. The summed E-state index contributed by atoms with van der Waals surface area (Å²) >= 11 is 0.785. The minimum atomic E-state index is -4.64. The molecular formula is C18H13F4N3OS. The van der Waals surface area contributed by atoms with Crippen molar-refractivity contribution in [3.8, 4) is 16.2 Å². The third kappa shape index (κ3) is 4.62. The van der Waals surface area contributed by atoms with E-state index in [9.17, 15) is 17.6 Å². The fraction of sp³-hybridized carbons (Fsp3) is 0.111. The number of anilines is 1. The first-order valence-electron chi connectivity index (χ1n) is 7.64. The van der Waals surface area contributed by atoms with E-state index in [4.69, 9.17) is 4.74 Å². The number of rotatable bonds is 5. The molecule has 0 fully saturated rings. The zero-order chi connectivity index (χ0) is 19.4. The molecule has 0 spiro atoms. The predicted octanol–water partition coefficient (Wildman–Crippen LogP) is 5.42. The minimum Gasteiger partial charge on any atom is -0.497 e.